The number of anilines is 2. The average Bonchev–Trinajstić information content (AvgIpc) is 2.99. The number of nitrogens with zero attached hydrogens (tertiary/aromatic N) is 3. The fourth-order valence-corrected chi connectivity index (χ4v) is 5.79. The predicted octanol–water partition coefficient (Wildman–Crippen LogP) is 1.97. The number of carbonyl (C=O) groups excluding carboxylic acids is 2. The van der Waals surface area contributed by atoms with E-state index in [0.717, 1.165) is 15.7 Å². The average molecular weight is 444 g/mol. The SMILES string of the molecule is COc1ccc(N2CCN(C(=O)c3ccc(N4C(=O)C(C)CS4(=O)=O)cc3)CC2)cc1. The summed E-state index contributed by atoms with van der Waals surface area (Å²) in [6, 6.07) is 14.1. The zero-order valence-electron chi connectivity index (χ0n) is 17.5. The molecule has 2 heterocycles. The van der Waals surface area contributed by atoms with Crippen LogP contribution in [0.5, 0.6) is 5.75 Å². The molecule has 2 amide bonds. The van der Waals surface area contributed by atoms with E-state index in [1.807, 2.05) is 24.3 Å². The van der Waals surface area contributed by atoms with Crippen molar-refractivity contribution in [3.8, 4) is 5.75 Å². The van der Waals surface area contributed by atoms with Crippen molar-refractivity contribution in [2.45, 2.75) is 6.92 Å². The van der Waals surface area contributed by atoms with Gasteiger partial charge in [0.1, 0.15) is 5.75 Å². The molecular weight excluding hydrogens is 418 g/mol. The highest BCUT2D eigenvalue weighted by Crippen LogP contribution is 2.28. The van der Waals surface area contributed by atoms with Crippen LogP contribution in [0.3, 0.4) is 0 Å². The Bertz CT molecular complexity index is 1080. The lowest BCUT2D eigenvalue weighted by Crippen LogP contribution is -2.48. The van der Waals surface area contributed by atoms with Crippen molar-refractivity contribution in [3.05, 3.63) is 54.1 Å². The van der Waals surface area contributed by atoms with Crippen molar-refractivity contribution in [2.75, 3.05) is 48.2 Å². The van der Waals surface area contributed by atoms with Crippen LogP contribution in [0.2, 0.25) is 0 Å². The molecule has 2 fully saturated rings. The smallest absolute Gasteiger partial charge is 0.253 e. The van der Waals surface area contributed by atoms with Crippen LogP contribution < -0.4 is 13.9 Å². The monoisotopic (exact) mass is 443 g/mol. The molecule has 0 spiro atoms. The van der Waals surface area contributed by atoms with Crippen LogP contribution in [0.15, 0.2) is 48.5 Å². The summed E-state index contributed by atoms with van der Waals surface area (Å²) in [7, 11) is -2.02. The minimum atomic E-state index is -3.65. The second kappa shape index (κ2) is 8.22. The van der Waals surface area contributed by atoms with Crippen LogP contribution >= 0.6 is 0 Å². The van der Waals surface area contributed by atoms with Crippen molar-refractivity contribution >= 4 is 33.2 Å². The molecule has 0 saturated carbocycles. The van der Waals surface area contributed by atoms with Crippen molar-refractivity contribution in [1.29, 1.82) is 0 Å². The van der Waals surface area contributed by atoms with Crippen LogP contribution in [0.25, 0.3) is 0 Å². The summed E-state index contributed by atoms with van der Waals surface area (Å²) in [5.74, 6) is -0.490. The van der Waals surface area contributed by atoms with Crippen LogP contribution in [-0.4, -0.2) is 64.2 Å². The van der Waals surface area contributed by atoms with Crippen LogP contribution in [-0.2, 0) is 14.8 Å². The first-order chi connectivity index (χ1) is 14.8. The van der Waals surface area contributed by atoms with E-state index in [-0.39, 0.29) is 17.3 Å². The van der Waals surface area contributed by atoms with Gasteiger partial charge in [-0.25, -0.2) is 12.7 Å². The van der Waals surface area contributed by atoms with E-state index >= 15 is 0 Å². The second-order valence-corrected chi connectivity index (χ2v) is 9.67. The van der Waals surface area contributed by atoms with Gasteiger partial charge in [0.05, 0.1) is 24.5 Å². The highest BCUT2D eigenvalue weighted by molar-refractivity contribution is 7.94. The predicted molar refractivity (Wildman–Crippen MR) is 118 cm³/mol. The summed E-state index contributed by atoms with van der Waals surface area (Å²) in [5, 5.41) is 0. The van der Waals surface area contributed by atoms with E-state index in [9.17, 15) is 18.0 Å². The molecule has 1 atom stereocenters. The third kappa shape index (κ3) is 4.10. The maximum absolute atomic E-state index is 12.9. The number of piperazine rings is 1. The topological polar surface area (TPSA) is 87.2 Å². The zero-order chi connectivity index (χ0) is 22.2. The highest BCUT2D eigenvalue weighted by Gasteiger charge is 2.42. The summed E-state index contributed by atoms with van der Waals surface area (Å²) in [6.45, 7) is 4.21. The molecule has 2 saturated heterocycles. The fraction of sp³-hybridized carbons (Fsp3) is 0.364. The summed E-state index contributed by atoms with van der Waals surface area (Å²) in [6.07, 6.45) is 0. The van der Waals surface area contributed by atoms with Gasteiger partial charge in [-0.3, -0.25) is 9.59 Å². The molecule has 2 aromatic rings. The second-order valence-electron chi connectivity index (χ2n) is 7.81. The summed E-state index contributed by atoms with van der Waals surface area (Å²) in [5.41, 5.74) is 1.83. The normalized spacial score (nSPS) is 20.8. The number of carbonyl (C=O) groups is 2. The van der Waals surface area contributed by atoms with Gasteiger partial charge in [0.2, 0.25) is 15.9 Å². The van der Waals surface area contributed by atoms with Crippen LogP contribution in [0.4, 0.5) is 11.4 Å². The van der Waals surface area contributed by atoms with Gasteiger partial charge in [-0.2, -0.15) is 0 Å². The van der Waals surface area contributed by atoms with Crippen molar-refractivity contribution in [1.82, 2.24) is 4.90 Å². The Kier molecular flexibility index (Phi) is 5.62. The van der Waals surface area contributed by atoms with E-state index in [2.05, 4.69) is 4.90 Å². The largest absolute Gasteiger partial charge is 0.497 e. The number of ether oxygens (including phenoxy) is 1. The lowest BCUT2D eigenvalue weighted by atomic mass is 10.1. The fourth-order valence-electron chi connectivity index (χ4n) is 3.97. The van der Waals surface area contributed by atoms with Gasteiger partial charge in [-0.05, 0) is 48.5 Å². The third-order valence-corrected chi connectivity index (χ3v) is 7.58. The van der Waals surface area contributed by atoms with Crippen molar-refractivity contribution < 1.29 is 22.7 Å². The quantitative estimate of drug-likeness (QED) is 0.718. The molecule has 8 nitrogen and oxygen atoms in total. The summed E-state index contributed by atoms with van der Waals surface area (Å²) in [4.78, 5) is 29.1. The Morgan fingerprint density at radius 1 is 0.935 bits per heavy atom. The number of hydrogen-bond acceptors (Lipinski definition) is 6. The minimum Gasteiger partial charge on any atom is -0.497 e. The van der Waals surface area contributed by atoms with Gasteiger partial charge < -0.3 is 14.5 Å². The van der Waals surface area contributed by atoms with Crippen molar-refractivity contribution in [2.24, 2.45) is 5.92 Å². The molecule has 2 aliphatic rings. The van der Waals surface area contributed by atoms with Gasteiger partial charge in [-0.15, -0.1) is 0 Å². The first-order valence-corrected chi connectivity index (χ1v) is 11.8. The Morgan fingerprint density at radius 3 is 2.03 bits per heavy atom. The van der Waals surface area contributed by atoms with Crippen molar-refractivity contribution in [3.63, 3.8) is 0 Å². The molecule has 31 heavy (non-hydrogen) atoms. The third-order valence-electron chi connectivity index (χ3n) is 5.71. The van der Waals surface area contributed by atoms with E-state index in [1.165, 1.54) is 12.1 Å². The molecule has 0 N–H and O–H groups in total. The van der Waals surface area contributed by atoms with Gasteiger partial charge in [-0.1, -0.05) is 6.92 Å². The highest BCUT2D eigenvalue weighted by atomic mass is 32.2. The molecule has 2 aliphatic heterocycles. The first kappa shape index (κ1) is 21.2. The first-order valence-electron chi connectivity index (χ1n) is 10.2. The number of amides is 2. The molecule has 0 bridgehead atoms. The van der Waals surface area contributed by atoms with Gasteiger partial charge in [0, 0.05) is 37.4 Å². The van der Waals surface area contributed by atoms with Gasteiger partial charge in [0.25, 0.3) is 5.91 Å². The number of rotatable bonds is 4. The van der Waals surface area contributed by atoms with E-state index in [4.69, 9.17) is 4.74 Å². The van der Waals surface area contributed by atoms with Crippen LogP contribution in [0.1, 0.15) is 17.3 Å². The Morgan fingerprint density at radius 2 is 1.52 bits per heavy atom. The molecular formula is C22H25N3O5S. The zero-order valence-corrected chi connectivity index (χ0v) is 18.3. The van der Waals surface area contributed by atoms with Gasteiger partial charge in [0.15, 0.2) is 0 Å². The van der Waals surface area contributed by atoms with E-state index in [1.54, 1.807) is 31.1 Å². The molecule has 9 heteroatoms. The number of benzene rings is 2. The molecule has 0 aliphatic carbocycles. The van der Waals surface area contributed by atoms with Crippen LogP contribution in [0, 0.1) is 5.92 Å². The Balaban J connectivity index is 1.41. The van der Waals surface area contributed by atoms with E-state index in [0.29, 0.717) is 31.7 Å². The number of hydrogen-bond donors (Lipinski definition) is 0. The number of sulfonamides is 1. The molecule has 1 unspecified atom stereocenters. The maximum atomic E-state index is 12.9. The maximum Gasteiger partial charge on any atom is 0.253 e. The lowest BCUT2D eigenvalue weighted by Gasteiger charge is -2.36. The number of methoxy groups -OCH3 is 1. The minimum absolute atomic E-state index is 0.107. The van der Waals surface area contributed by atoms with Gasteiger partial charge >= 0.3 is 0 Å². The lowest BCUT2D eigenvalue weighted by molar-refractivity contribution is -0.119. The standard InChI is InChI=1S/C22H25N3O5S/c1-16-15-31(28,29)25(21(16)26)19-5-3-17(4-6-19)22(27)24-13-11-23(12-14-24)18-7-9-20(30-2)10-8-18/h3-10,16H,11-15H2,1-2H3. The van der Waals surface area contributed by atoms with E-state index < -0.39 is 21.8 Å². The summed E-state index contributed by atoms with van der Waals surface area (Å²) >= 11 is 0. The molecule has 2 aromatic carbocycles. The molecule has 4 rings (SSSR count). The molecule has 0 radical (unpaired) electrons. The Labute approximate surface area is 182 Å². The summed E-state index contributed by atoms with van der Waals surface area (Å²) < 4.78 is 30.5. The Hall–Kier alpha value is -3.07. The molecule has 164 valence electrons. The molecule has 0 aromatic heterocycles.